The summed E-state index contributed by atoms with van der Waals surface area (Å²) in [6.07, 6.45) is 5.04. The van der Waals surface area contributed by atoms with Crippen molar-refractivity contribution in [2.45, 2.75) is 26.2 Å². The summed E-state index contributed by atoms with van der Waals surface area (Å²) >= 11 is 0. The van der Waals surface area contributed by atoms with Crippen LogP contribution in [0, 0.1) is 5.92 Å². The van der Waals surface area contributed by atoms with Gasteiger partial charge in [-0.2, -0.15) is 0 Å². The number of hydroxylamine groups is 2. The first kappa shape index (κ1) is 10.3. The third-order valence-corrected chi connectivity index (χ3v) is 2.51. The Labute approximate surface area is 79.3 Å². The molecule has 1 aliphatic carbocycles. The molecule has 1 unspecified atom stereocenters. The van der Waals surface area contributed by atoms with Crippen molar-refractivity contribution in [1.82, 2.24) is 5.06 Å². The minimum absolute atomic E-state index is 0.00519. The van der Waals surface area contributed by atoms with Crippen LogP contribution in [0.15, 0.2) is 11.6 Å². The van der Waals surface area contributed by atoms with E-state index >= 15 is 0 Å². The maximum atomic E-state index is 11.6. The number of likely N-dealkylation sites (N-methyl/N-ethyl adjacent to an activating group) is 1. The first-order chi connectivity index (χ1) is 6.15. The van der Waals surface area contributed by atoms with Crippen molar-refractivity contribution in [3.63, 3.8) is 0 Å². The standard InChI is InChI=1S/C10H17NO2/c1-8-4-6-9(7-5-8)10(12)11(2)13-3/h6,8H,4-5,7H2,1-3H3. The first-order valence-corrected chi connectivity index (χ1v) is 4.66. The van der Waals surface area contributed by atoms with Crippen LogP contribution in [-0.2, 0) is 9.63 Å². The number of rotatable bonds is 2. The molecule has 0 bridgehead atoms. The average Bonchev–Trinajstić information content (AvgIpc) is 2.17. The van der Waals surface area contributed by atoms with Gasteiger partial charge in [-0.05, 0) is 25.2 Å². The molecule has 0 aromatic heterocycles. The van der Waals surface area contributed by atoms with Crippen LogP contribution in [-0.4, -0.2) is 25.1 Å². The topological polar surface area (TPSA) is 29.5 Å². The fraction of sp³-hybridized carbons (Fsp3) is 0.700. The maximum absolute atomic E-state index is 11.6. The monoisotopic (exact) mass is 183 g/mol. The quantitative estimate of drug-likeness (QED) is 0.610. The Kier molecular flexibility index (Phi) is 3.48. The number of allylic oxidation sites excluding steroid dienone is 1. The van der Waals surface area contributed by atoms with E-state index in [-0.39, 0.29) is 5.91 Å². The van der Waals surface area contributed by atoms with E-state index in [4.69, 9.17) is 4.84 Å². The summed E-state index contributed by atoms with van der Waals surface area (Å²) in [6.45, 7) is 2.21. The molecule has 1 amide bonds. The van der Waals surface area contributed by atoms with Crippen molar-refractivity contribution in [3.8, 4) is 0 Å². The van der Waals surface area contributed by atoms with E-state index in [1.54, 1.807) is 7.05 Å². The molecule has 0 saturated carbocycles. The summed E-state index contributed by atoms with van der Waals surface area (Å²) in [7, 11) is 3.14. The molecule has 0 N–H and O–H groups in total. The van der Waals surface area contributed by atoms with Gasteiger partial charge in [0.2, 0.25) is 0 Å². The van der Waals surface area contributed by atoms with Crippen molar-refractivity contribution in [2.75, 3.05) is 14.2 Å². The van der Waals surface area contributed by atoms with Crippen LogP contribution >= 0.6 is 0 Å². The van der Waals surface area contributed by atoms with E-state index in [2.05, 4.69) is 6.92 Å². The predicted octanol–water partition coefficient (Wildman–Crippen LogP) is 1.75. The van der Waals surface area contributed by atoms with Gasteiger partial charge >= 0.3 is 0 Å². The van der Waals surface area contributed by atoms with Crippen LogP contribution in [0.25, 0.3) is 0 Å². The third kappa shape index (κ3) is 2.56. The molecule has 3 heteroatoms. The number of amides is 1. The highest BCUT2D eigenvalue weighted by molar-refractivity contribution is 5.92. The molecule has 1 rings (SSSR count). The minimum atomic E-state index is -0.00519. The van der Waals surface area contributed by atoms with E-state index in [1.165, 1.54) is 12.2 Å². The van der Waals surface area contributed by atoms with Gasteiger partial charge in [-0.25, -0.2) is 5.06 Å². The molecule has 1 aliphatic rings. The number of hydrogen-bond acceptors (Lipinski definition) is 2. The van der Waals surface area contributed by atoms with Gasteiger partial charge in [0, 0.05) is 12.6 Å². The van der Waals surface area contributed by atoms with E-state index in [1.807, 2.05) is 6.08 Å². The highest BCUT2D eigenvalue weighted by Crippen LogP contribution is 2.23. The molecule has 74 valence electrons. The van der Waals surface area contributed by atoms with E-state index < -0.39 is 0 Å². The lowest BCUT2D eigenvalue weighted by Gasteiger charge is -2.21. The Morgan fingerprint density at radius 2 is 2.38 bits per heavy atom. The molecule has 0 heterocycles. The summed E-state index contributed by atoms with van der Waals surface area (Å²) < 4.78 is 0. The molecule has 0 aromatic carbocycles. The molecule has 0 spiro atoms. The van der Waals surface area contributed by atoms with E-state index in [0.717, 1.165) is 24.8 Å². The predicted molar refractivity (Wildman–Crippen MR) is 50.9 cm³/mol. The van der Waals surface area contributed by atoms with Crippen molar-refractivity contribution in [3.05, 3.63) is 11.6 Å². The number of carbonyl (C=O) groups is 1. The molecule has 0 aliphatic heterocycles. The second-order valence-corrected chi connectivity index (χ2v) is 3.59. The molecule has 1 atom stereocenters. The summed E-state index contributed by atoms with van der Waals surface area (Å²) in [5.74, 6) is 0.707. The Balaban J connectivity index is 2.57. The van der Waals surface area contributed by atoms with Crippen LogP contribution < -0.4 is 0 Å². The lowest BCUT2D eigenvalue weighted by molar-refractivity contribution is -0.164. The Hall–Kier alpha value is -0.830. The van der Waals surface area contributed by atoms with Gasteiger partial charge in [-0.15, -0.1) is 0 Å². The molecular weight excluding hydrogens is 166 g/mol. The second-order valence-electron chi connectivity index (χ2n) is 3.59. The van der Waals surface area contributed by atoms with Gasteiger partial charge in [0.15, 0.2) is 0 Å². The number of nitrogens with zero attached hydrogens (tertiary/aromatic N) is 1. The van der Waals surface area contributed by atoms with Crippen LogP contribution in [0.3, 0.4) is 0 Å². The second kappa shape index (κ2) is 4.42. The summed E-state index contributed by atoms with van der Waals surface area (Å²) in [6, 6.07) is 0. The molecule has 0 fully saturated rings. The Bertz CT molecular complexity index is 223. The summed E-state index contributed by atoms with van der Waals surface area (Å²) in [5.41, 5.74) is 0.891. The highest BCUT2D eigenvalue weighted by Gasteiger charge is 2.18. The zero-order chi connectivity index (χ0) is 9.84. The summed E-state index contributed by atoms with van der Waals surface area (Å²) in [4.78, 5) is 16.4. The van der Waals surface area contributed by atoms with Gasteiger partial charge in [0.25, 0.3) is 5.91 Å². The fourth-order valence-electron chi connectivity index (χ4n) is 1.44. The van der Waals surface area contributed by atoms with Gasteiger partial charge < -0.3 is 0 Å². The van der Waals surface area contributed by atoms with E-state index in [9.17, 15) is 4.79 Å². The van der Waals surface area contributed by atoms with Crippen molar-refractivity contribution < 1.29 is 9.63 Å². The zero-order valence-electron chi connectivity index (χ0n) is 8.54. The SMILES string of the molecule is CON(C)C(=O)C1=CCC(C)CC1. The lowest BCUT2D eigenvalue weighted by Crippen LogP contribution is -2.28. The lowest BCUT2D eigenvalue weighted by atomic mass is 9.91. The Morgan fingerprint density at radius 1 is 1.69 bits per heavy atom. The zero-order valence-corrected chi connectivity index (χ0v) is 8.54. The van der Waals surface area contributed by atoms with Crippen molar-refractivity contribution in [1.29, 1.82) is 0 Å². The van der Waals surface area contributed by atoms with Crippen LogP contribution in [0.4, 0.5) is 0 Å². The summed E-state index contributed by atoms with van der Waals surface area (Å²) in [5, 5.41) is 1.28. The maximum Gasteiger partial charge on any atom is 0.272 e. The molecule has 0 radical (unpaired) electrons. The van der Waals surface area contributed by atoms with Gasteiger partial charge in [0.1, 0.15) is 0 Å². The van der Waals surface area contributed by atoms with Crippen LogP contribution in [0.5, 0.6) is 0 Å². The smallest absolute Gasteiger partial charge is 0.272 e. The minimum Gasteiger partial charge on any atom is -0.274 e. The molecule has 0 saturated heterocycles. The van der Waals surface area contributed by atoms with Gasteiger partial charge in [-0.3, -0.25) is 9.63 Å². The van der Waals surface area contributed by atoms with Crippen molar-refractivity contribution in [2.24, 2.45) is 5.92 Å². The van der Waals surface area contributed by atoms with E-state index in [0.29, 0.717) is 5.92 Å². The van der Waals surface area contributed by atoms with Gasteiger partial charge in [-0.1, -0.05) is 13.0 Å². The Morgan fingerprint density at radius 3 is 2.85 bits per heavy atom. The van der Waals surface area contributed by atoms with Crippen LogP contribution in [0.1, 0.15) is 26.2 Å². The van der Waals surface area contributed by atoms with Gasteiger partial charge in [0.05, 0.1) is 7.11 Å². The van der Waals surface area contributed by atoms with Crippen molar-refractivity contribution >= 4 is 5.91 Å². The molecule has 13 heavy (non-hydrogen) atoms. The largest absolute Gasteiger partial charge is 0.274 e. The average molecular weight is 183 g/mol. The molecular formula is C10H17NO2. The normalized spacial score (nSPS) is 22.4. The first-order valence-electron chi connectivity index (χ1n) is 4.66. The number of carbonyl (C=O) groups excluding carboxylic acids is 1. The fourth-order valence-corrected chi connectivity index (χ4v) is 1.44. The molecule has 3 nitrogen and oxygen atoms in total. The third-order valence-electron chi connectivity index (χ3n) is 2.51. The highest BCUT2D eigenvalue weighted by atomic mass is 16.7. The van der Waals surface area contributed by atoms with Crippen LogP contribution in [0.2, 0.25) is 0 Å². The molecule has 0 aromatic rings. The number of hydrogen-bond donors (Lipinski definition) is 0.